The molecule has 5 atom stereocenters. The van der Waals surface area contributed by atoms with Crippen LogP contribution in [0.4, 0.5) is 5.82 Å². The Hall–Kier alpha value is -3.68. The summed E-state index contributed by atoms with van der Waals surface area (Å²) in [6.45, 7) is 3.49. The third-order valence-corrected chi connectivity index (χ3v) is 6.85. The van der Waals surface area contributed by atoms with Gasteiger partial charge in [-0.25, -0.2) is 15.0 Å². The van der Waals surface area contributed by atoms with Gasteiger partial charge in [0.25, 0.3) is 0 Å². The summed E-state index contributed by atoms with van der Waals surface area (Å²) in [4.78, 5) is 26.1. The standard InChI is InChI=1S/C24H28N6O4/c1-13-18(19(31)20(32)24(13,2)23(33)26-4)30-12-27-17-21(25-3)28-16(29-22(17)30)11-8-14-6-9-15(34-5)10-7-14/h6-7,9-10,12-13,18-20,31-32H,1-5H3,(H,26,33)(H,25,28,29)/t13-,18-,19+,20+,24?/m1/s1. The maximum absolute atomic E-state index is 12.6. The fraction of sp³-hybridized carbons (Fsp3) is 0.417. The van der Waals surface area contributed by atoms with Crippen molar-refractivity contribution in [3.05, 3.63) is 42.0 Å². The van der Waals surface area contributed by atoms with Crippen molar-refractivity contribution in [2.24, 2.45) is 11.3 Å². The second kappa shape index (κ2) is 8.93. The Kier molecular flexibility index (Phi) is 6.17. The van der Waals surface area contributed by atoms with E-state index in [4.69, 9.17) is 4.74 Å². The predicted octanol–water partition coefficient (Wildman–Crippen LogP) is 0.941. The quantitative estimate of drug-likeness (QED) is 0.419. The van der Waals surface area contributed by atoms with Crippen LogP contribution in [0.1, 0.15) is 31.3 Å². The topological polar surface area (TPSA) is 134 Å². The van der Waals surface area contributed by atoms with Crippen LogP contribution in [0.25, 0.3) is 11.2 Å². The molecule has 1 unspecified atom stereocenters. The van der Waals surface area contributed by atoms with Crippen LogP contribution in [-0.4, -0.2) is 69.1 Å². The predicted molar refractivity (Wildman–Crippen MR) is 126 cm³/mol. The zero-order chi connectivity index (χ0) is 24.6. The molecule has 2 heterocycles. The molecule has 1 fully saturated rings. The summed E-state index contributed by atoms with van der Waals surface area (Å²) in [5.41, 5.74) is 0.529. The summed E-state index contributed by atoms with van der Waals surface area (Å²) in [5.74, 6) is 6.75. The molecule has 0 radical (unpaired) electrons. The summed E-state index contributed by atoms with van der Waals surface area (Å²) in [7, 11) is 4.84. The summed E-state index contributed by atoms with van der Waals surface area (Å²) in [6.07, 6.45) is -0.908. The van der Waals surface area contributed by atoms with Gasteiger partial charge in [-0.05, 0) is 43.0 Å². The van der Waals surface area contributed by atoms with Crippen molar-refractivity contribution in [2.75, 3.05) is 26.5 Å². The minimum absolute atomic E-state index is 0.268. The number of aliphatic hydroxyl groups excluding tert-OH is 2. The van der Waals surface area contributed by atoms with Crippen LogP contribution in [-0.2, 0) is 4.79 Å². The number of methoxy groups -OCH3 is 1. The van der Waals surface area contributed by atoms with E-state index in [-0.39, 0.29) is 11.7 Å². The number of rotatable bonds is 4. The Labute approximate surface area is 197 Å². The summed E-state index contributed by atoms with van der Waals surface area (Å²) in [5, 5.41) is 27.4. The van der Waals surface area contributed by atoms with E-state index < -0.39 is 29.6 Å². The summed E-state index contributed by atoms with van der Waals surface area (Å²) < 4.78 is 6.87. The fourth-order valence-corrected chi connectivity index (χ4v) is 4.64. The van der Waals surface area contributed by atoms with E-state index in [1.807, 2.05) is 31.2 Å². The van der Waals surface area contributed by atoms with Crippen LogP contribution in [0.2, 0.25) is 0 Å². The molecule has 2 aromatic heterocycles. The second-order valence-corrected chi connectivity index (χ2v) is 8.52. The highest BCUT2D eigenvalue weighted by atomic mass is 16.5. The normalized spacial score (nSPS) is 26.1. The van der Waals surface area contributed by atoms with Crippen molar-refractivity contribution in [3.63, 3.8) is 0 Å². The number of fused-ring (bicyclic) bond motifs is 1. The highest BCUT2D eigenvalue weighted by Crippen LogP contribution is 2.50. The largest absolute Gasteiger partial charge is 0.497 e. The van der Waals surface area contributed by atoms with Crippen molar-refractivity contribution in [3.8, 4) is 17.6 Å². The van der Waals surface area contributed by atoms with Gasteiger partial charge in [-0.2, -0.15) is 0 Å². The number of aromatic nitrogens is 4. The first kappa shape index (κ1) is 23.5. The zero-order valence-electron chi connectivity index (χ0n) is 19.7. The number of carbonyl (C=O) groups excluding carboxylic acids is 1. The third-order valence-electron chi connectivity index (χ3n) is 6.85. The first-order valence-corrected chi connectivity index (χ1v) is 10.9. The highest BCUT2D eigenvalue weighted by molar-refractivity contribution is 5.85. The molecule has 0 saturated heterocycles. The van der Waals surface area contributed by atoms with Gasteiger partial charge in [0, 0.05) is 19.7 Å². The molecule has 1 aliphatic rings. The highest BCUT2D eigenvalue weighted by Gasteiger charge is 2.59. The molecule has 1 amide bonds. The Morgan fingerprint density at radius 1 is 1.18 bits per heavy atom. The van der Waals surface area contributed by atoms with Crippen LogP contribution in [0.3, 0.4) is 0 Å². The van der Waals surface area contributed by atoms with Gasteiger partial charge in [0.05, 0.1) is 31.0 Å². The van der Waals surface area contributed by atoms with Gasteiger partial charge in [0.2, 0.25) is 11.7 Å². The van der Waals surface area contributed by atoms with Gasteiger partial charge in [0.1, 0.15) is 11.9 Å². The second-order valence-electron chi connectivity index (χ2n) is 8.52. The van der Waals surface area contributed by atoms with E-state index in [2.05, 4.69) is 37.4 Å². The van der Waals surface area contributed by atoms with E-state index in [1.54, 1.807) is 32.0 Å². The molecule has 4 N–H and O–H groups in total. The molecule has 1 saturated carbocycles. The maximum Gasteiger partial charge on any atom is 0.228 e. The van der Waals surface area contributed by atoms with Gasteiger partial charge in [-0.3, -0.25) is 4.79 Å². The number of amides is 1. The van der Waals surface area contributed by atoms with E-state index in [0.717, 1.165) is 11.3 Å². The van der Waals surface area contributed by atoms with Crippen molar-refractivity contribution < 1.29 is 19.7 Å². The smallest absolute Gasteiger partial charge is 0.228 e. The Balaban J connectivity index is 1.78. The van der Waals surface area contributed by atoms with Gasteiger partial charge in [-0.15, -0.1) is 0 Å². The number of benzene rings is 1. The van der Waals surface area contributed by atoms with E-state index >= 15 is 0 Å². The number of carbonyl (C=O) groups is 1. The maximum atomic E-state index is 12.6. The first-order valence-electron chi connectivity index (χ1n) is 10.9. The lowest BCUT2D eigenvalue weighted by Gasteiger charge is -2.31. The van der Waals surface area contributed by atoms with Gasteiger partial charge in [0.15, 0.2) is 17.0 Å². The zero-order valence-corrected chi connectivity index (χ0v) is 19.7. The minimum Gasteiger partial charge on any atom is -0.497 e. The van der Waals surface area contributed by atoms with E-state index in [0.29, 0.717) is 17.0 Å². The van der Waals surface area contributed by atoms with Gasteiger partial charge >= 0.3 is 0 Å². The Morgan fingerprint density at radius 2 is 1.88 bits per heavy atom. The molecule has 4 rings (SSSR count). The monoisotopic (exact) mass is 464 g/mol. The molecule has 1 aliphatic carbocycles. The minimum atomic E-state index is -1.26. The number of nitrogens with one attached hydrogen (secondary N) is 2. The number of imidazole rings is 1. The summed E-state index contributed by atoms with van der Waals surface area (Å²) >= 11 is 0. The van der Waals surface area contributed by atoms with Crippen LogP contribution in [0.15, 0.2) is 30.6 Å². The van der Waals surface area contributed by atoms with Crippen LogP contribution < -0.4 is 15.4 Å². The molecule has 10 heteroatoms. The first-order chi connectivity index (χ1) is 16.3. The molecule has 0 bridgehead atoms. The lowest BCUT2D eigenvalue weighted by molar-refractivity contribution is -0.139. The molecule has 0 spiro atoms. The molecule has 1 aromatic carbocycles. The number of ether oxygens (including phenoxy) is 1. The van der Waals surface area contributed by atoms with Crippen LogP contribution in [0, 0.1) is 23.2 Å². The third kappa shape index (κ3) is 3.63. The van der Waals surface area contributed by atoms with Crippen molar-refractivity contribution in [2.45, 2.75) is 32.1 Å². The average Bonchev–Trinajstić information content (AvgIpc) is 3.35. The van der Waals surface area contributed by atoms with E-state index in [9.17, 15) is 15.0 Å². The van der Waals surface area contributed by atoms with Crippen molar-refractivity contribution in [1.82, 2.24) is 24.8 Å². The average molecular weight is 465 g/mol. The molecule has 34 heavy (non-hydrogen) atoms. The van der Waals surface area contributed by atoms with Crippen molar-refractivity contribution >= 4 is 22.9 Å². The van der Waals surface area contributed by atoms with Gasteiger partial charge in [-0.1, -0.05) is 12.8 Å². The lowest BCUT2D eigenvalue weighted by Crippen LogP contribution is -2.47. The number of anilines is 1. The van der Waals surface area contributed by atoms with Crippen LogP contribution in [0.5, 0.6) is 5.75 Å². The molecular weight excluding hydrogens is 436 g/mol. The summed E-state index contributed by atoms with van der Waals surface area (Å²) in [6, 6.07) is 6.68. The lowest BCUT2D eigenvalue weighted by atomic mass is 9.77. The fourth-order valence-electron chi connectivity index (χ4n) is 4.64. The number of aliphatic hydroxyl groups is 2. The number of nitrogens with zero attached hydrogens (tertiary/aromatic N) is 4. The van der Waals surface area contributed by atoms with Crippen LogP contribution >= 0.6 is 0 Å². The molecular formula is C24H28N6O4. The molecule has 178 valence electrons. The Bertz CT molecular complexity index is 1280. The SMILES string of the molecule is CNC(=O)C1(C)[C@H](C)[C@@H](n2cnc3c(NC)nc(C#Cc4ccc(OC)cc4)nc32)[C@H](O)[C@@H]1O. The van der Waals surface area contributed by atoms with Crippen molar-refractivity contribution in [1.29, 1.82) is 0 Å². The Morgan fingerprint density at radius 3 is 2.50 bits per heavy atom. The van der Waals surface area contributed by atoms with E-state index in [1.165, 1.54) is 7.05 Å². The number of hydrogen-bond acceptors (Lipinski definition) is 8. The molecule has 10 nitrogen and oxygen atoms in total. The number of hydrogen-bond donors (Lipinski definition) is 4. The van der Waals surface area contributed by atoms with Gasteiger partial charge < -0.3 is 30.2 Å². The molecule has 0 aliphatic heterocycles. The molecule has 3 aromatic rings.